The highest BCUT2D eigenvalue weighted by Crippen LogP contribution is 2.52. The van der Waals surface area contributed by atoms with Crippen molar-refractivity contribution in [2.75, 3.05) is 18.0 Å². The van der Waals surface area contributed by atoms with Crippen LogP contribution in [0.1, 0.15) is 38.7 Å². The van der Waals surface area contributed by atoms with Gasteiger partial charge in [0.1, 0.15) is 0 Å². The highest BCUT2D eigenvalue weighted by molar-refractivity contribution is 5.86. The summed E-state index contributed by atoms with van der Waals surface area (Å²) in [6.07, 6.45) is 4.30. The molecule has 5 heteroatoms. The van der Waals surface area contributed by atoms with E-state index in [0.717, 1.165) is 24.3 Å². The standard InChI is InChI=1S/C15H20N2O3/c1-10(2)20-13-12(15(4-5-15)14(18)19)8-11(9-16-13)17-6-3-7-17/h8-10H,3-7H2,1-2H3,(H,18,19). The molecular formula is C15H20N2O3. The third-order valence-corrected chi connectivity index (χ3v) is 4.08. The second kappa shape index (κ2) is 4.65. The average Bonchev–Trinajstić information content (AvgIpc) is 3.09. The molecule has 0 atom stereocenters. The topological polar surface area (TPSA) is 62.7 Å². The van der Waals surface area contributed by atoms with Crippen molar-refractivity contribution in [1.29, 1.82) is 0 Å². The van der Waals surface area contributed by atoms with E-state index in [9.17, 15) is 9.90 Å². The lowest BCUT2D eigenvalue weighted by Crippen LogP contribution is -2.37. The monoisotopic (exact) mass is 276 g/mol. The second-order valence-corrected chi connectivity index (χ2v) is 5.94. The fourth-order valence-electron chi connectivity index (χ4n) is 2.57. The zero-order valence-corrected chi connectivity index (χ0v) is 11.9. The zero-order valence-electron chi connectivity index (χ0n) is 11.9. The van der Waals surface area contributed by atoms with Gasteiger partial charge in [-0.15, -0.1) is 0 Å². The number of hydrogen-bond acceptors (Lipinski definition) is 4. The lowest BCUT2D eigenvalue weighted by atomic mass is 9.96. The summed E-state index contributed by atoms with van der Waals surface area (Å²) in [5.41, 5.74) is 0.968. The maximum absolute atomic E-state index is 11.6. The molecule has 2 heterocycles. The highest BCUT2D eigenvalue weighted by atomic mass is 16.5. The molecule has 20 heavy (non-hydrogen) atoms. The van der Waals surface area contributed by atoms with Crippen LogP contribution in [0.5, 0.6) is 5.88 Å². The van der Waals surface area contributed by atoms with Gasteiger partial charge in [0.2, 0.25) is 5.88 Å². The molecule has 1 aliphatic carbocycles. The minimum absolute atomic E-state index is 0.0132. The van der Waals surface area contributed by atoms with Crippen LogP contribution in [0.3, 0.4) is 0 Å². The van der Waals surface area contributed by atoms with Gasteiger partial charge < -0.3 is 14.7 Å². The molecule has 1 saturated heterocycles. The van der Waals surface area contributed by atoms with Crippen molar-refractivity contribution in [2.24, 2.45) is 0 Å². The predicted molar refractivity (Wildman–Crippen MR) is 75.4 cm³/mol. The number of carboxylic acids is 1. The molecule has 1 aliphatic heterocycles. The van der Waals surface area contributed by atoms with Gasteiger partial charge in [-0.3, -0.25) is 4.79 Å². The maximum atomic E-state index is 11.6. The third-order valence-electron chi connectivity index (χ3n) is 4.08. The van der Waals surface area contributed by atoms with Crippen LogP contribution < -0.4 is 9.64 Å². The Morgan fingerprint density at radius 3 is 2.60 bits per heavy atom. The van der Waals surface area contributed by atoms with Gasteiger partial charge in [-0.2, -0.15) is 0 Å². The van der Waals surface area contributed by atoms with E-state index >= 15 is 0 Å². The first-order valence-corrected chi connectivity index (χ1v) is 7.18. The van der Waals surface area contributed by atoms with E-state index in [1.165, 1.54) is 6.42 Å². The minimum Gasteiger partial charge on any atom is -0.481 e. The van der Waals surface area contributed by atoms with Gasteiger partial charge in [0.05, 0.1) is 23.4 Å². The number of aromatic nitrogens is 1. The number of pyridine rings is 1. The molecule has 5 nitrogen and oxygen atoms in total. The number of anilines is 1. The van der Waals surface area contributed by atoms with Crippen LogP contribution in [-0.2, 0) is 10.2 Å². The molecule has 0 unspecified atom stereocenters. The fourth-order valence-corrected chi connectivity index (χ4v) is 2.57. The van der Waals surface area contributed by atoms with Crippen molar-refractivity contribution >= 4 is 11.7 Å². The fraction of sp³-hybridized carbons (Fsp3) is 0.600. The summed E-state index contributed by atoms with van der Waals surface area (Å²) in [5, 5.41) is 9.52. The van der Waals surface area contributed by atoms with Crippen LogP contribution >= 0.6 is 0 Å². The summed E-state index contributed by atoms with van der Waals surface area (Å²) in [5.74, 6) is -0.294. The molecule has 1 N–H and O–H groups in total. The summed E-state index contributed by atoms with van der Waals surface area (Å²) in [4.78, 5) is 18.2. The molecule has 3 rings (SSSR count). The molecule has 2 aliphatic rings. The average molecular weight is 276 g/mol. The van der Waals surface area contributed by atoms with Crippen molar-refractivity contribution < 1.29 is 14.6 Å². The number of rotatable bonds is 5. The minimum atomic E-state index is -0.780. The van der Waals surface area contributed by atoms with E-state index in [0.29, 0.717) is 18.7 Å². The number of hydrogen-bond donors (Lipinski definition) is 1. The van der Waals surface area contributed by atoms with Crippen molar-refractivity contribution in [3.05, 3.63) is 17.8 Å². The van der Waals surface area contributed by atoms with Gasteiger partial charge in [-0.05, 0) is 39.2 Å². The second-order valence-electron chi connectivity index (χ2n) is 5.94. The van der Waals surface area contributed by atoms with Gasteiger partial charge in [0, 0.05) is 18.7 Å². The molecule has 0 amide bonds. The maximum Gasteiger partial charge on any atom is 0.314 e. The Morgan fingerprint density at radius 1 is 1.45 bits per heavy atom. The first kappa shape index (κ1) is 13.2. The van der Waals surface area contributed by atoms with Crippen LogP contribution in [0.25, 0.3) is 0 Å². The van der Waals surface area contributed by atoms with Gasteiger partial charge in [-0.25, -0.2) is 4.98 Å². The normalized spacial score (nSPS) is 19.6. The summed E-state index contributed by atoms with van der Waals surface area (Å²) in [6, 6.07) is 1.96. The first-order valence-electron chi connectivity index (χ1n) is 7.18. The van der Waals surface area contributed by atoms with Crippen LogP contribution in [0, 0.1) is 0 Å². The van der Waals surface area contributed by atoms with E-state index in [1.807, 2.05) is 19.9 Å². The molecule has 0 spiro atoms. The van der Waals surface area contributed by atoms with E-state index in [1.54, 1.807) is 6.20 Å². The number of nitrogens with zero attached hydrogens (tertiary/aromatic N) is 2. The summed E-state index contributed by atoms with van der Waals surface area (Å²) in [7, 11) is 0. The van der Waals surface area contributed by atoms with Gasteiger partial charge in [0.15, 0.2) is 0 Å². The van der Waals surface area contributed by atoms with Crippen LogP contribution in [0.2, 0.25) is 0 Å². The number of aliphatic carboxylic acids is 1. The van der Waals surface area contributed by atoms with Gasteiger partial charge in [0.25, 0.3) is 0 Å². The van der Waals surface area contributed by atoms with E-state index in [-0.39, 0.29) is 6.10 Å². The molecule has 0 aromatic carbocycles. The van der Waals surface area contributed by atoms with Crippen molar-refractivity contribution in [1.82, 2.24) is 4.98 Å². The Morgan fingerprint density at radius 2 is 2.15 bits per heavy atom. The molecule has 2 fully saturated rings. The lowest BCUT2D eigenvalue weighted by Gasteiger charge is -2.33. The molecule has 1 saturated carbocycles. The molecule has 0 radical (unpaired) electrons. The highest BCUT2D eigenvalue weighted by Gasteiger charge is 2.54. The summed E-state index contributed by atoms with van der Waals surface area (Å²) >= 11 is 0. The molecule has 0 bridgehead atoms. The van der Waals surface area contributed by atoms with Crippen molar-refractivity contribution in [3.63, 3.8) is 0 Å². The zero-order chi connectivity index (χ0) is 14.3. The quantitative estimate of drug-likeness (QED) is 0.893. The summed E-state index contributed by atoms with van der Waals surface area (Å²) < 4.78 is 5.72. The Balaban J connectivity index is 2.00. The van der Waals surface area contributed by atoms with Gasteiger partial charge >= 0.3 is 5.97 Å². The smallest absolute Gasteiger partial charge is 0.314 e. The number of ether oxygens (including phenoxy) is 1. The SMILES string of the molecule is CC(C)Oc1ncc(N2CCC2)cc1C1(C(=O)O)CC1. The third kappa shape index (κ3) is 2.11. The van der Waals surface area contributed by atoms with Crippen molar-refractivity contribution in [2.45, 2.75) is 44.6 Å². The first-order chi connectivity index (χ1) is 9.53. The Kier molecular flexibility index (Phi) is 3.07. The molecular weight excluding hydrogens is 256 g/mol. The van der Waals surface area contributed by atoms with E-state index in [2.05, 4.69) is 9.88 Å². The van der Waals surface area contributed by atoms with Crippen LogP contribution in [0.4, 0.5) is 5.69 Å². The molecule has 108 valence electrons. The Bertz CT molecular complexity index is 534. The number of carboxylic acid groups (broad SMARTS) is 1. The number of carbonyl (C=O) groups is 1. The van der Waals surface area contributed by atoms with Gasteiger partial charge in [-0.1, -0.05) is 0 Å². The largest absolute Gasteiger partial charge is 0.481 e. The predicted octanol–water partition coefficient (Wildman–Crippen LogP) is 2.20. The molecule has 1 aromatic rings. The Labute approximate surface area is 118 Å². The van der Waals surface area contributed by atoms with Crippen LogP contribution in [0.15, 0.2) is 12.3 Å². The van der Waals surface area contributed by atoms with Crippen LogP contribution in [-0.4, -0.2) is 35.3 Å². The Hall–Kier alpha value is -1.78. The molecule has 1 aromatic heterocycles. The lowest BCUT2D eigenvalue weighted by molar-refractivity contribution is -0.140. The van der Waals surface area contributed by atoms with E-state index in [4.69, 9.17) is 4.74 Å². The summed E-state index contributed by atoms with van der Waals surface area (Å²) in [6.45, 7) is 5.89. The van der Waals surface area contributed by atoms with Crippen molar-refractivity contribution in [3.8, 4) is 5.88 Å². The van der Waals surface area contributed by atoms with E-state index < -0.39 is 11.4 Å².